The largest absolute Gasteiger partial charge is 0.507 e. The number of hydrogen-bond acceptors (Lipinski definition) is 4. The molecular weight excluding hydrogens is 448 g/mol. The van der Waals surface area contributed by atoms with E-state index in [2.05, 4.69) is 48.1 Å². The number of aliphatic hydroxyl groups is 1. The van der Waals surface area contributed by atoms with Crippen LogP contribution in [0.25, 0.3) is 0 Å². The SMILES string of the molecule is C=C(C)[C@@H]1CC[C@]2(COC(=O)OC)CC[C@]3(C)[C@H](CC[C@@H]4[C@@]5(C)CC[C@H](O)C(C)(C)[C@@H]5CC[C@]43C)[C@@H]12. The van der Waals surface area contributed by atoms with E-state index in [9.17, 15) is 9.90 Å². The first-order valence-corrected chi connectivity index (χ1v) is 14.8. The highest BCUT2D eigenvalue weighted by Crippen LogP contribution is 2.77. The van der Waals surface area contributed by atoms with Gasteiger partial charge < -0.3 is 14.6 Å². The van der Waals surface area contributed by atoms with E-state index in [0.717, 1.165) is 25.7 Å². The fourth-order valence-electron chi connectivity index (χ4n) is 11.8. The van der Waals surface area contributed by atoms with E-state index in [0.29, 0.717) is 47.0 Å². The number of allylic oxidation sites excluding steroid dienone is 1. The smallest absolute Gasteiger partial charge is 0.438 e. The van der Waals surface area contributed by atoms with Crippen LogP contribution in [0.1, 0.15) is 106 Å². The quantitative estimate of drug-likeness (QED) is 0.317. The number of methoxy groups -OCH3 is 1. The Morgan fingerprint density at radius 2 is 1.61 bits per heavy atom. The Morgan fingerprint density at radius 3 is 2.28 bits per heavy atom. The van der Waals surface area contributed by atoms with Crippen molar-refractivity contribution in [3.63, 3.8) is 0 Å². The zero-order valence-electron chi connectivity index (χ0n) is 24.1. The third-order valence-electron chi connectivity index (χ3n) is 13.9. The lowest BCUT2D eigenvalue weighted by atomic mass is 9.32. The lowest BCUT2D eigenvalue weighted by Crippen LogP contribution is -2.66. The first kappa shape index (κ1) is 26.6. The lowest BCUT2D eigenvalue weighted by Gasteiger charge is -2.73. The molecule has 0 aromatic rings. The summed E-state index contributed by atoms with van der Waals surface area (Å²) in [6.45, 7) is 19.8. The van der Waals surface area contributed by atoms with Gasteiger partial charge in [0.25, 0.3) is 0 Å². The van der Waals surface area contributed by atoms with Gasteiger partial charge in [0.2, 0.25) is 0 Å². The van der Waals surface area contributed by atoms with Gasteiger partial charge in [-0.15, -0.1) is 0 Å². The Balaban J connectivity index is 1.51. The lowest BCUT2D eigenvalue weighted by molar-refractivity contribution is -0.249. The van der Waals surface area contributed by atoms with E-state index in [-0.39, 0.29) is 22.3 Å². The highest BCUT2D eigenvalue weighted by Gasteiger charge is 2.71. The highest BCUT2D eigenvalue weighted by molar-refractivity contribution is 5.59. The van der Waals surface area contributed by atoms with Crippen LogP contribution in [0.4, 0.5) is 4.79 Å². The summed E-state index contributed by atoms with van der Waals surface area (Å²) in [5, 5.41) is 11.0. The average Bonchev–Trinajstić information content (AvgIpc) is 3.21. The minimum absolute atomic E-state index is 0.00444. The first-order chi connectivity index (χ1) is 16.8. The van der Waals surface area contributed by atoms with Crippen molar-refractivity contribution in [1.29, 1.82) is 0 Å². The molecule has 10 atom stereocenters. The second kappa shape index (κ2) is 8.48. The van der Waals surface area contributed by atoms with Crippen molar-refractivity contribution in [3.05, 3.63) is 12.2 Å². The van der Waals surface area contributed by atoms with E-state index in [4.69, 9.17) is 9.47 Å². The summed E-state index contributed by atoms with van der Waals surface area (Å²) in [5.41, 5.74) is 2.25. The number of rotatable bonds is 3. The summed E-state index contributed by atoms with van der Waals surface area (Å²) in [4.78, 5) is 12.0. The molecule has 0 aromatic carbocycles. The predicted molar refractivity (Wildman–Crippen MR) is 143 cm³/mol. The van der Waals surface area contributed by atoms with Gasteiger partial charge in [0.15, 0.2) is 0 Å². The molecule has 4 nitrogen and oxygen atoms in total. The maximum atomic E-state index is 12.0. The fraction of sp³-hybridized carbons (Fsp3) is 0.906. The van der Waals surface area contributed by atoms with E-state index in [1.165, 1.54) is 51.2 Å². The van der Waals surface area contributed by atoms with Gasteiger partial charge in [-0.1, -0.05) is 46.8 Å². The molecular formula is C32H52O4. The van der Waals surface area contributed by atoms with Crippen molar-refractivity contribution in [2.45, 2.75) is 112 Å². The molecule has 0 spiro atoms. The van der Waals surface area contributed by atoms with Crippen molar-refractivity contribution in [1.82, 2.24) is 0 Å². The molecule has 1 N–H and O–H groups in total. The molecule has 0 heterocycles. The van der Waals surface area contributed by atoms with Crippen LogP contribution in [0.2, 0.25) is 0 Å². The third kappa shape index (κ3) is 3.37. The summed E-state index contributed by atoms with van der Waals surface area (Å²) >= 11 is 0. The molecule has 5 rings (SSSR count). The molecule has 0 amide bonds. The predicted octanol–water partition coefficient (Wildman–Crippen LogP) is 7.79. The van der Waals surface area contributed by atoms with Crippen LogP contribution in [-0.4, -0.2) is 31.1 Å². The molecule has 0 radical (unpaired) electrons. The van der Waals surface area contributed by atoms with E-state index >= 15 is 0 Å². The number of hydrogen-bond donors (Lipinski definition) is 1. The van der Waals surface area contributed by atoms with Crippen molar-refractivity contribution < 1.29 is 19.4 Å². The fourth-order valence-corrected chi connectivity index (χ4v) is 11.8. The van der Waals surface area contributed by atoms with Crippen LogP contribution in [0, 0.1) is 56.7 Å². The normalized spacial score (nSPS) is 51.2. The van der Waals surface area contributed by atoms with Crippen LogP contribution in [0.15, 0.2) is 12.2 Å². The zero-order valence-corrected chi connectivity index (χ0v) is 24.1. The Labute approximate surface area is 220 Å². The molecule has 0 unspecified atom stereocenters. The second-order valence-corrected chi connectivity index (χ2v) is 15.2. The van der Waals surface area contributed by atoms with Crippen LogP contribution in [0.5, 0.6) is 0 Å². The molecule has 4 heteroatoms. The number of carbonyl (C=O) groups excluding carboxylic acids is 1. The van der Waals surface area contributed by atoms with Crippen molar-refractivity contribution in [3.8, 4) is 0 Å². The molecule has 5 aliphatic rings. The first-order valence-electron chi connectivity index (χ1n) is 14.8. The summed E-state index contributed by atoms with van der Waals surface area (Å²) < 4.78 is 10.6. The Kier molecular flexibility index (Phi) is 6.26. The summed E-state index contributed by atoms with van der Waals surface area (Å²) in [5.74, 6) is 3.00. The maximum Gasteiger partial charge on any atom is 0.507 e. The van der Waals surface area contributed by atoms with E-state index in [1.807, 2.05) is 0 Å². The minimum atomic E-state index is -0.542. The summed E-state index contributed by atoms with van der Waals surface area (Å²) in [6.07, 6.45) is 11.1. The standard InChI is InChI=1S/C32H52O4/c1-20(2)21-11-16-32(19-36-27(34)35-8)18-17-30(6)22(26(21)32)9-10-24-29(5)14-13-25(33)28(3,4)23(29)12-15-31(24,30)7/h21-26,33H,1,9-19H2,2-8H3/t21-,22+,23-,24+,25-,26+,29-,30+,31+,32+/m0/s1. The van der Waals surface area contributed by atoms with Gasteiger partial charge in [-0.05, 0) is 122 Å². The summed E-state index contributed by atoms with van der Waals surface area (Å²) in [6, 6.07) is 0. The molecule has 5 saturated carbocycles. The maximum absolute atomic E-state index is 12.0. The monoisotopic (exact) mass is 500 g/mol. The number of ether oxygens (including phenoxy) is 2. The topological polar surface area (TPSA) is 55.8 Å². The van der Waals surface area contributed by atoms with Crippen molar-refractivity contribution in [2.24, 2.45) is 56.7 Å². The molecule has 204 valence electrons. The Morgan fingerprint density at radius 1 is 0.889 bits per heavy atom. The van der Waals surface area contributed by atoms with Gasteiger partial charge in [0.1, 0.15) is 6.61 Å². The number of carbonyl (C=O) groups is 1. The molecule has 5 fully saturated rings. The molecule has 0 aromatic heterocycles. The van der Waals surface area contributed by atoms with Crippen LogP contribution >= 0.6 is 0 Å². The third-order valence-corrected chi connectivity index (χ3v) is 13.9. The Bertz CT molecular complexity index is 910. The van der Waals surface area contributed by atoms with Gasteiger partial charge in [-0.25, -0.2) is 4.79 Å². The van der Waals surface area contributed by atoms with Gasteiger partial charge in [0, 0.05) is 5.41 Å². The minimum Gasteiger partial charge on any atom is -0.438 e. The van der Waals surface area contributed by atoms with Crippen LogP contribution in [0.3, 0.4) is 0 Å². The molecule has 5 aliphatic carbocycles. The van der Waals surface area contributed by atoms with Crippen LogP contribution < -0.4 is 0 Å². The molecule has 0 aliphatic heterocycles. The highest BCUT2D eigenvalue weighted by atomic mass is 16.7. The molecule has 0 saturated heterocycles. The van der Waals surface area contributed by atoms with E-state index < -0.39 is 6.16 Å². The molecule has 36 heavy (non-hydrogen) atoms. The Hall–Kier alpha value is -1.03. The van der Waals surface area contributed by atoms with Crippen molar-refractivity contribution >= 4 is 6.16 Å². The number of fused-ring (bicyclic) bond motifs is 7. The van der Waals surface area contributed by atoms with Crippen molar-refractivity contribution in [2.75, 3.05) is 13.7 Å². The number of aliphatic hydroxyl groups excluding tert-OH is 1. The van der Waals surface area contributed by atoms with Gasteiger partial charge in [-0.3, -0.25) is 0 Å². The van der Waals surface area contributed by atoms with E-state index in [1.54, 1.807) is 0 Å². The summed E-state index contributed by atoms with van der Waals surface area (Å²) in [7, 11) is 1.41. The van der Waals surface area contributed by atoms with Gasteiger partial charge in [0.05, 0.1) is 13.2 Å². The van der Waals surface area contributed by atoms with Gasteiger partial charge in [-0.2, -0.15) is 0 Å². The van der Waals surface area contributed by atoms with Gasteiger partial charge >= 0.3 is 6.16 Å². The average molecular weight is 501 g/mol. The zero-order chi connectivity index (χ0) is 26.3. The molecule has 0 bridgehead atoms. The van der Waals surface area contributed by atoms with Crippen LogP contribution in [-0.2, 0) is 9.47 Å². The second-order valence-electron chi connectivity index (χ2n) is 15.2.